The standard InChI is InChI=1S/C13H17F2N/c1-9(14)13-11(3-2-4-12(13)15)10-5-7-16-8-6-10/h2-4,9-10,16H,5-8H2,1H3. The molecule has 2 rings (SSSR count). The van der Waals surface area contributed by atoms with Gasteiger partial charge in [0.15, 0.2) is 0 Å². The van der Waals surface area contributed by atoms with Crippen molar-refractivity contribution in [2.75, 3.05) is 13.1 Å². The lowest BCUT2D eigenvalue weighted by Gasteiger charge is -2.25. The fraction of sp³-hybridized carbons (Fsp3) is 0.538. The van der Waals surface area contributed by atoms with Gasteiger partial charge in [0.1, 0.15) is 12.0 Å². The van der Waals surface area contributed by atoms with E-state index in [1.807, 2.05) is 6.07 Å². The van der Waals surface area contributed by atoms with E-state index in [0.717, 1.165) is 31.5 Å². The lowest BCUT2D eigenvalue weighted by Crippen LogP contribution is -2.27. The minimum absolute atomic E-state index is 0.259. The van der Waals surface area contributed by atoms with Crippen LogP contribution >= 0.6 is 0 Å². The first-order chi connectivity index (χ1) is 7.70. The number of rotatable bonds is 2. The zero-order valence-electron chi connectivity index (χ0n) is 9.47. The van der Waals surface area contributed by atoms with E-state index in [4.69, 9.17) is 0 Å². The van der Waals surface area contributed by atoms with Crippen LogP contribution in [0.5, 0.6) is 0 Å². The van der Waals surface area contributed by atoms with Gasteiger partial charge in [0, 0.05) is 5.56 Å². The number of alkyl halides is 1. The summed E-state index contributed by atoms with van der Waals surface area (Å²) in [6.45, 7) is 3.27. The molecule has 0 radical (unpaired) electrons. The molecule has 1 saturated heterocycles. The van der Waals surface area contributed by atoms with Crippen LogP contribution in [0.4, 0.5) is 8.78 Å². The Morgan fingerprint density at radius 1 is 1.31 bits per heavy atom. The second-order valence-corrected chi connectivity index (χ2v) is 4.38. The Kier molecular flexibility index (Phi) is 3.54. The SMILES string of the molecule is CC(F)c1c(F)cccc1C1CCNCC1. The Balaban J connectivity index is 2.34. The largest absolute Gasteiger partial charge is 0.317 e. The van der Waals surface area contributed by atoms with Gasteiger partial charge in [-0.15, -0.1) is 0 Å². The van der Waals surface area contributed by atoms with Gasteiger partial charge in [-0.3, -0.25) is 0 Å². The topological polar surface area (TPSA) is 12.0 Å². The third-order valence-corrected chi connectivity index (χ3v) is 3.26. The summed E-state index contributed by atoms with van der Waals surface area (Å²) in [6.07, 6.45) is 0.692. The molecule has 1 aromatic carbocycles. The summed E-state index contributed by atoms with van der Waals surface area (Å²) in [7, 11) is 0. The Bertz CT molecular complexity index is 357. The second-order valence-electron chi connectivity index (χ2n) is 4.38. The van der Waals surface area contributed by atoms with E-state index in [-0.39, 0.29) is 5.56 Å². The Morgan fingerprint density at radius 2 is 2.00 bits per heavy atom. The van der Waals surface area contributed by atoms with Crippen molar-refractivity contribution in [2.24, 2.45) is 0 Å². The molecule has 16 heavy (non-hydrogen) atoms. The zero-order valence-corrected chi connectivity index (χ0v) is 9.47. The Hall–Kier alpha value is -0.960. The fourth-order valence-electron chi connectivity index (χ4n) is 2.46. The molecular formula is C13H17F2N. The second kappa shape index (κ2) is 4.91. The first-order valence-corrected chi connectivity index (χ1v) is 5.83. The average molecular weight is 225 g/mol. The van der Waals surface area contributed by atoms with Crippen molar-refractivity contribution in [3.63, 3.8) is 0 Å². The highest BCUT2D eigenvalue weighted by atomic mass is 19.1. The van der Waals surface area contributed by atoms with Crippen molar-refractivity contribution in [2.45, 2.75) is 31.9 Å². The van der Waals surface area contributed by atoms with Gasteiger partial charge in [-0.05, 0) is 50.4 Å². The van der Waals surface area contributed by atoms with E-state index in [0.29, 0.717) is 5.92 Å². The lowest BCUT2D eigenvalue weighted by atomic mass is 9.86. The molecule has 1 aliphatic rings. The van der Waals surface area contributed by atoms with E-state index < -0.39 is 12.0 Å². The first-order valence-electron chi connectivity index (χ1n) is 5.83. The van der Waals surface area contributed by atoms with E-state index in [9.17, 15) is 8.78 Å². The smallest absolute Gasteiger partial charge is 0.129 e. The fourth-order valence-corrected chi connectivity index (χ4v) is 2.46. The van der Waals surface area contributed by atoms with Crippen LogP contribution in [0, 0.1) is 5.82 Å². The molecule has 0 spiro atoms. The number of hydrogen-bond donors (Lipinski definition) is 1. The molecule has 0 amide bonds. The van der Waals surface area contributed by atoms with Crippen LogP contribution in [0.3, 0.4) is 0 Å². The molecule has 0 aromatic heterocycles. The van der Waals surface area contributed by atoms with Crippen molar-refractivity contribution < 1.29 is 8.78 Å². The maximum absolute atomic E-state index is 13.6. The molecule has 0 aliphatic carbocycles. The number of halogens is 2. The van der Waals surface area contributed by atoms with Gasteiger partial charge in [-0.1, -0.05) is 12.1 Å². The van der Waals surface area contributed by atoms with Crippen LogP contribution in [-0.2, 0) is 0 Å². The number of benzene rings is 1. The first kappa shape index (κ1) is 11.5. The summed E-state index contributed by atoms with van der Waals surface area (Å²) in [4.78, 5) is 0. The van der Waals surface area contributed by atoms with E-state index in [1.54, 1.807) is 6.07 Å². The quantitative estimate of drug-likeness (QED) is 0.814. The minimum atomic E-state index is -1.23. The van der Waals surface area contributed by atoms with Gasteiger partial charge >= 0.3 is 0 Å². The van der Waals surface area contributed by atoms with Gasteiger partial charge < -0.3 is 5.32 Å². The molecular weight excluding hydrogens is 208 g/mol. The van der Waals surface area contributed by atoms with E-state index in [2.05, 4.69) is 5.32 Å². The zero-order chi connectivity index (χ0) is 11.5. The summed E-state index contributed by atoms with van der Waals surface area (Å²) in [6, 6.07) is 4.89. The molecule has 1 aliphatic heterocycles. The van der Waals surface area contributed by atoms with E-state index >= 15 is 0 Å². The Morgan fingerprint density at radius 3 is 2.62 bits per heavy atom. The number of nitrogens with one attached hydrogen (secondary N) is 1. The van der Waals surface area contributed by atoms with Crippen LogP contribution in [0.2, 0.25) is 0 Å². The molecule has 1 atom stereocenters. The molecule has 3 heteroatoms. The third kappa shape index (κ3) is 2.24. The molecule has 1 nitrogen and oxygen atoms in total. The lowest BCUT2D eigenvalue weighted by molar-refractivity contribution is 0.352. The highest BCUT2D eigenvalue weighted by Crippen LogP contribution is 2.33. The van der Waals surface area contributed by atoms with Gasteiger partial charge in [-0.25, -0.2) is 8.78 Å². The van der Waals surface area contributed by atoms with Crippen molar-refractivity contribution in [1.82, 2.24) is 5.32 Å². The Labute approximate surface area is 94.9 Å². The molecule has 1 heterocycles. The number of piperidine rings is 1. The molecule has 88 valence electrons. The van der Waals surface area contributed by atoms with Crippen molar-refractivity contribution in [3.8, 4) is 0 Å². The monoisotopic (exact) mass is 225 g/mol. The minimum Gasteiger partial charge on any atom is -0.317 e. The third-order valence-electron chi connectivity index (χ3n) is 3.26. The van der Waals surface area contributed by atoms with Crippen molar-refractivity contribution >= 4 is 0 Å². The van der Waals surface area contributed by atoms with Crippen molar-refractivity contribution in [1.29, 1.82) is 0 Å². The predicted octanol–water partition coefficient (Wildman–Crippen LogP) is 3.32. The highest BCUT2D eigenvalue weighted by Gasteiger charge is 2.22. The van der Waals surface area contributed by atoms with Crippen LogP contribution in [0.1, 0.15) is 43.0 Å². The van der Waals surface area contributed by atoms with Gasteiger partial charge in [-0.2, -0.15) is 0 Å². The predicted molar refractivity (Wildman–Crippen MR) is 60.8 cm³/mol. The van der Waals surface area contributed by atoms with Crippen LogP contribution in [0.25, 0.3) is 0 Å². The normalized spacial score (nSPS) is 19.7. The maximum atomic E-state index is 13.6. The van der Waals surface area contributed by atoms with Crippen LogP contribution < -0.4 is 5.32 Å². The van der Waals surface area contributed by atoms with Gasteiger partial charge in [0.25, 0.3) is 0 Å². The molecule has 1 fully saturated rings. The summed E-state index contributed by atoms with van der Waals surface area (Å²) in [5, 5.41) is 3.26. The molecule has 0 bridgehead atoms. The summed E-state index contributed by atoms with van der Waals surface area (Å²) in [5.41, 5.74) is 1.12. The van der Waals surface area contributed by atoms with Crippen LogP contribution in [0.15, 0.2) is 18.2 Å². The highest BCUT2D eigenvalue weighted by molar-refractivity contribution is 5.33. The number of hydrogen-bond acceptors (Lipinski definition) is 1. The molecule has 0 saturated carbocycles. The molecule has 1 N–H and O–H groups in total. The molecule has 1 unspecified atom stereocenters. The van der Waals surface area contributed by atoms with E-state index in [1.165, 1.54) is 13.0 Å². The molecule has 1 aromatic rings. The summed E-state index contributed by atoms with van der Waals surface area (Å²) in [5.74, 6) is -0.115. The van der Waals surface area contributed by atoms with Gasteiger partial charge in [0.05, 0.1) is 0 Å². The van der Waals surface area contributed by atoms with Crippen LogP contribution in [-0.4, -0.2) is 13.1 Å². The van der Waals surface area contributed by atoms with Gasteiger partial charge in [0.2, 0.25) is 0 Å². The maximum Gasteiger partial charge on any atom is 0.129 e. The summed E-state index contributed by atoms with van der Waals surface area (Å²) >= 11 is 0. The average Bonchev–Trinajstić information content (AvgIpc) is 2.29. The summed E-state index contributed by atoms with van der Waals surface area (Å²) < 4.78 is 27.1. The van der Waals surface area contributed by atoms with Crippen molar-refractivity contribution in [3.05, 3.63) is 35.1 Å².